The lowest BCUT2D eigenvalue weighted by molar-refractivity contribution is 0.177. The van der Waals surface area contributed by atoms with Gasteiger partial charge in [-0.2, -0.15) is 0 Å². The number of nitrogens with zero attached hydrogens (tertiary/aromatic N) is 2. The van der Waals surface area contributed by atoms with Crippen molar-refractivity contribution < 1.29 is 12.8 Å². The molecule has 0 aliphatic carbocycles. The Morgan fingerprint density at radius 1 is 1.12 bits per heavy atom. The minimum absolute atomic E-state index is 0.265. The van der Waals surface area contributed by atoms with E-state index in [-0.39, 0.29) is 10.8 Å². The summed E-state index contributed by atoms with van der Waals surface area (Å²) in [6.07, 6.45) is 3.61. The third-order valence-corrected chi connectivity index (χ3v) is 5.96. The molecule has 25 heavy (non-hydrogen) atoms. The lowest BCUT2D eigenvalue weighted by atomic mass is 9.97. The molecule has 2 heterocycles. The summed E-state index contributed by atoms with van der Waals surface area (Å²) in [6.45, 7) is 2.97. The van der Waals surface area contributed by atoms with E-state index in [1.54, 1.807) is 6.20 Å². The van der Waals surface area contributed by atoms with Crippen molar-refractivity contribution in [1.82, 2.24) is 14.6 Å². The number of pyridine rings is 1. The monoisotopic (exact) mass is 363 g/mol. The molecule has 1 saturated heterocycles. The smallest absolute Gasteiger partial charge is 0.243 e. The Kier molecular flexibility index (Phi) is 5.78. The molecule has 3 rings (SSSR count). The molecule has 1 N–H and O–H groups in total. The Morgan fingerprint density at radius 3 is 2.52 bits per heavy atom. The number of nitrogens with one attached hydrogen (secondary N) is 1. The van der Waals surface area contributed by atoms with Gasteiger partial charge >= 0.3 is 0 Å². The van der Waals surface area contributed by atoms with E-state index in [2.05, 4.69) is 14.6 Å². The summed E-state index contributed by atoms with van der Waals surface area (Å²) in [5, 5.41) is 0. The fraction of sp³-hybridized carbons (Fsp3) is 0.389. The van der Waals surface area contributed by atoms with E-state index in [0.29, 0.717) is 6.54 Å². The first kappa shape index (κ1) is 18.0. The van der Waals surface area contributed by atoms with Gasteiger partial charge in [-0.1, -0.05) is 18.2 Å². The van der Waals surface area contributed by atoms with Gasteiger partial charge in [-0.15, -0.1) is 0 Å². The second-order valence-electron chi connectivity index (χ2n) is 6.32. The van der Waals surface area contributed by atoms with Gasteiger partial charge in [0, 0.05) is 19.3 Å². The summed E-state index contributed by atoms with van der Waals surface area (Å²) in [4.78, 5) is 6.37. The molecule has 2 aromatic rings. The van der Waals surface area contributed by atoms with Crippen LogP contribution in [-0.4, -0.2) is 37.9 Å². The van der Waals surface area contributed by atoms with Crippen LogP contribution in [0.3, 0.4) is 0 Å². The zero-order valence-electron chi connectivity index (χ0n) is 13.9. The summed E-state index contributed by atoms with van der Waals surface area (Å²) in [5.74, 6) is -0.457. The molecule has 134 valence electrons. The fourth-order valence-corrected chi connectivity index (χ4v) is 4.23. The first-order valence-electron chi connectivity index (χ1n) is 8.41. The van der Waals surface area contributed by atoms with Crippen molar-refractivity contribution in [2.24, 2.45) is 5.92 Å². The van der Waals surface area contributed by atoms with Crippen LogP contribution in [-0.2, 0) is 16.6 Å². The van der Waals surface area contributed by atoms with Crippen LogP contribution in [0.25, 0.3) is 0 Å². The van der Waals surface area contributed by atoms with Crippen LogP contribution in [0, 0.1) is 11.7 Å². The summed E-state index contributed by atoms with van der Waals surface area (Å²) in [7, 11) is -3.80. The Bertz CT molecular complexity index is 791. The van der Waals surface area contributed by atoms with Crippen molar-refractivity contribution in [3.63, 3.8) is 0 Å². The Labute approximate surface area is 147 Å². The molecule has 0 radical (unpaired) electrons. The lowest BCUT2D eigenvalue weighted by Crippen LogP contribution is -2.38. The molecule has 0 atom stereocenters. The van der Waals surface area contributed by atoms with Gasteiger partial charge in [0.15, 0.2) is 0 Å². The molecule has 1 aliphatic heterocycles. The number of rotatable bonds is 6. The van der Waals surface area contributed by atoms with Crippen LogP contribution in [0.4, 0.5) is 4.39 Å². The maximum absolute atomic E-state index is 13.7. The van der Waals surface area contributed by atoms with Crippen LogP contribution >= 0.6 is 0 Å². The number of aromatic nitrogens is 1. The predicted octanol–water partition coefficient (Wildman–Crippen LogP) is 2.41. The summed E-state index contributed by atoms with van der Waals surface area (Å²) in [6, 6.07) is 11.3. The molecular weight excluding hydrogens is 341 g/mol. The minimum atomic E-state index is -3.80. The van der Waals surface area contributed by atoms with Gasteiger partial charge in [0.1, 0.15) is 10.7 Å². The highest BCUT2D eigenvalue weighted by atomic mass is 32.2. The maximum Gasteiger partial charge on any atom is 0.243 e. The Balaban J connectivity index is 1.49. The zero-order chi connectivity index (χ0) is 17.7. The molecule has 1 aliphatic rings. The largest absolute Gasteiger partial charge is 0.297 e. The summed E-state index contributed by atoms with van der Waals surface area (Å²) < 4.78 is 40.7. The molecule has 0 spiro atoms. The van der Waals surface area contributed by atoms with Crippen molar-refractivity contribution >= 4 is 10.0 Å². The van der Waals surface area contributed by atoms with Crippen LogP contribution in [0.5, 0.6) is 0 Å². The van der Waals surface area contributed by atoms with Gasteiger partial charge in [0.05, 0.1) is 5.69 Å². The maximum atomic E-state index is 13.7. The molecule has 1 aromatic carbocycles. The molecular formula is C18H22FN3O2S. The van der Waals surface area contributed by atoms with Crippen molar-refractivity contribution in [3.05, 3.63) is 60.2 Å². The fourth-order valence-electron chi connectivity index (χ4n) is 3.04. The number of benzene rings is 1. The van der Waals surface area contributed by atoms with Crippen LogP contribution in [0.1, 0.15) is 18.5 Å². The number of hydrogen-bond acceptors (Lipinski definition) is 4. The van der Waals surface area contributed by atoms with E-state index in [4.69, 9.17) is 0 Å². The van der Waals surface area contributed by atoms with E-state index in [1.807, 2.05) is 18.2 Å². The molecule has 1 aromatic heterocycles. The topological polar surface area (TPSA) is 62.3 Å². The third kappa shape index (κ3) is 4.84. The highest BCUT2D eigenvalue weighted by molar-refractivity contribution is 7.89. The molecule has 0 unspecified atom stereocenters. The lowest BCUT2D eigenvalue weighted by Gasteiger charge is -2.31. The van der Waals surface area contributed by atoms with E-state index in [9.17, 15) is 12.8 Å². The van der Waals surface area contributed by atoms with E-state index >= 15 is 0 Å². The standard InChI is InChI=1S/C18H22FN3O2S/c19-17-6-1-2-7-18(17)25(23,24)21-13-15-8-11-22(12-9-15)14-16-5-3-4-10-20-16/h1-7,10,15,21H,8-9,11-14H2. The summed E-state index contributed by atoms with van der Waals surface area (Å²) in [5.41, 5.74) is 1.04. The first-order chi connectivity index (χ1) is 12.0. The highest BCUT2D eigenvalue weighted by Gasteiger charge is 2.23. The van der Waals surface area contributed by atoms with Crippen molar-refractivity contribution in [2.45, 2.75) is 24.3 Å². The van der Waals surface area contributed by atoms with Crippen molar-refractivity contribution in [3.8, 4) is 0 Å². The quantitative estimate of drug-likeness (QED) is 0.856. The predicted molar refractivity (Wildman–Crippen MR) is 93.8 cm³/mol. The van der Waals surface area contributed by atoms with Crippen LogP contribution in [0.2, 0.25) is 0 Å². The van der Waals surface area contributed by atoms with Crippen LogP contribution in [0.15, 0.2) is 53.6 Å². The third-order valence-electron chi connectivity index (χ3n) is 4.51. The number of piperidine rings is 1. The van der Waals surface area contributed by atoms with Gasteiger partial charge in [-0.3, -0.25) is 9.88 Å². The SMILES string of the molecule is O=S(=O)(NCC1CCN(Cc2ccccn2)CC1)c1ccccc1F. The van der Waals surface area contributed by atoms with E-state index in [1.165, 1.54) is 18.2 Å². The average molecular weight is 363 g/mol. The average Bonchev–Trinajstić information content (AvgIpc) is 2.62. The Hall–Kier alpha value is -1.83. The number of halogens is 1. The highest BCUT2D eigenvalue weighted by Crippen LogP contribution is 2.19. The normalized spacial score (nSPS) is 16.8. The van der Waals surface area contributed by atoms with Gasteiger partial charge in [-0.25, -0.2) is 17.5 Å². The molecule has 7 heteroatoms. The second-order valence-corrected chi connectivity index (χ2v) is 8.06. The van der Waals surface area contributed by atoms with Gasteiger partial charge in [-0.05, 0) is 56.1 Å². The Morgan fingerprint density at radius 2 is 1.84 bits per heavy atom. The van der Waals surface area contributed by atoms with E-state index in [0.717, 1.165) is 44.2 Å². The number of likely N-dealkylation sites (tertiary alicyclic amines) is 1. The molecule has 1 fully saturated rings. The zero-order valence-corrected chi connectivity index (χ0v) is 14.8. The molecule has 5 nitrogen and oxygen atoms in total. The van der Waals surface area contributed by atoms with Crippen molar-refractivity contribution in [1.29, 1.82) is 0 Å². The van der Waals surface area contributed by atoms with Crippen LogP contribution < -0.4 is 4.72 Å². The van der Waals surface area contributed by atoms with E-state index < -0.39 is 15.8 Å². The van der Waals surface area contributed by atoms with Gasteiger partial charge in [0.2, 0.25) is 10.0 Å². The molecule has 0 amide bonds. The number of hydrogen-bond donors (Lipinski definition) is 1. The number of sulfonamides is 1. The molecule has 0 bridgehead atoms. The minimum Gasteiger partial charge on any atom is -0.297 e. The van der Waals surface area contributed by atoms with Crippen molar-refractivity contribution in [2.75, 3.05) is 19.6 Å². The first-order valence-corrected chi connectivity index (χ1v) is 9.89. The second kappa shape index (κ2) is 8.03. The summed E-state index contributed by atoms with van der Waals surface area (Å²) >= 11 is 0. The molecule has 0 saturated carbocycles. The van der Waals surface area contributed by atoms with Gasteiger partial charge < -0.3 is 0 Å². The van der Waals surface area contributed by atoms with Gasteiger partial charge in [0.25, 0.3) is 0 Å².